The number of anilines is 1. The summed E-state index contributed by atoms with van der Waals surface area (Å²) >= 11 is 0. The van der Waals surface area contributed by atoms with Crippen LogP contribution < -0.4 is 4.90 Å². The van der Waals surface area contributed by atoms with Crippen LogP contribution in [-0.4, -0.2) is 13.6 Å². The first-order chi connectivity index (χ1) is 6.77. The Morgan fingerprint density at radius 2 is 1.79 bits per heavy atom. The molecular formula is C11H11N3. The van der Waals surface area contributed by atoms with E-state index in [0.29, 0.717) is 13.0 Å². The van der Waals surface area contributed by atoms with E-state index >= 15 is 0 Å². The van der Waals surface area contributed by atoms with Crippen molar-refractivity contribution in [3.05, 3.63) is 29.8 Å². The molecule has 0 bridgehead atoms. The Hall–Kier alpha value is -2.00. The van der Waals surface area contributed by atoms with E-state index in [4.69, 9.17) is 10.5 Å². The molecule has 14 heavy (non-hydrogen) atoms. The minimum atomic E-state index is 0.373. The molecule has 0 aliphatic rings. The zero-order valence-corrected chi connectivity index (χ0v) is 8.07. The third-order valence-corrected chi connectivity index (χ3v) is 1.97. The monoisotopic (exact) mass is 185 g/mol. The van der Waals surface area contributed by atoms with Gasteiger partial charge in [0.1, 0.15) is 6.54 Å². The van der Waals surface area contributed by atoms with E-state index in [1.54, 1.807) is 0 Å². The Bertz CT molecular complexity index is 367. The normalized spacial score (nSPS) is 8.79. The van der Waals surface area contributed by atoms with Gasteiger partial charge in [-0.25, -0.2) is 0 Å². The molecule has 0 aromatic heterocycles. The summed E-state index contributed by atoms with van der Waals surface area (Å²) < 4.78 is 0. The lowest BCUT2D eigenvalue weighted by Crippen LogP contribution is -2.16. The molecule has 0 atom stereocenters. The second kappa shape index (κ2) is 4.89. The molecule has 0 radical (unpaired) electrons. The van der Waals surface area contributed by atoms with Crippen LogP contribution in [0.2, 0.25) is 0 Å². The zero-order chi connectivity index (χ0) is 10.4. The van der Waals surface area contributed by atoms with Gasteiger partial charge >= 0.3 is 0 Å². The van der Waals surface area contributed by atoms with Gasteiger partial charge in [0.2, 0.25) is 0 Å². The third kappa shape index (κ3) is 2.50. The molecule has 1 rings (SSSR count). The molecule has 0 N–H and O–H groups in total. The van der Waals surface area contributed by atoms with Crippen LogP contribution in [-0.2, 0) is 6.42 Å². The highest BCUT2D eigenvalue weighted by Crippen LogP contribution is 2.13. The molecular weight excluding hydrogens is 174 g/mol. The minimum Gasteiger partial charge on any atom is -0.361 e. The maximum absolute atomic E-state index is 8.50. The summed E-state index contributed by atoms with van der Waals surface area (Å²) in [5, 5.41) is 17.0. The topological polar surface area (TPSA) is 50.8 Å². The van der Waals surface area contributed by atoms with E-state index in [1.807, 2.05) is 36.2 Å². The molecule has 1 aromatic rings. The SMILES string of the molecule is CN(CC#N)c1ccc(CC#N)cc1. The van der Waals surface area contributed by atoms with Crippen LogP contribution >= 0.6 is 0 Å². The number of hydrogen-bond donors (Lipinski definition) is 0. The first-order valence-electron chi connectivity index (χ1n) is 4.32. The van der Waals surface area contributed by atoms with Gasteiger partial charge in [-0.3, -0.25) is 0 Å². The van der Waals surface area contributed by atoms with Crippen LogP contribution in [0.5, 0.6) is 0 Å². The number of benzene rings is 1. The molecule has 1 aromatic carbocycles. The second-order valence-corrected chi connectivity index (χ2v) is 3.02. The number of nitrogens with zero attached hydrogens (tertiary/aromatic N) is 3. The molecule has 0 spiro atoms. The maximum Gasteiger partial charge on any atom is 0.105 e. The van der Waals surface area contributed by atoms with Crippen LogP contribution in [0.1, 0.15) is 5.56 Å². The first kappa shape index (κ1) is 10.1. The van der Waals surface area contributed by atoms with Gasteiger partial charge in [-0.05, 0) is 17.7 Å². The molecule has 0 saturated heterocycles. The molecule has 0 aliphatic heterocycles. The van der Waals surface area contributed by atoms with Crippen LogP contribution in [0.15, 0.2) is 24.3 Å². The summed E-state index contributed by atoms with van der Waals surface area (Å²) in [6, 6.07) is 11.8. The molecule has 0 saturated carbocycles. The molecule has 70 valence electrons. The van der Waals surface area contributed by atoms with Crippen molar-refractivity contribution in [3.8, 4) is 12.1 Å². The van der Waals surface area contributed by atoms with Gasteiger partial charge in [0.05, 0.1) is 18.6 Å². The lowest BCUT2D eigenvalue weighted by atomic mass is 10.1. The predicted octanol–water partition coefficient (Wildman–Crippen LogP) is 1.71. The van der Waals surface area contributed by atoms with Gasteiger partial charge in [0.15, 0.2) is 0 Å². The van der Waals surface area contributed by atoms with Gasteiger partial charge in [-0.2, -0.15) is 10.5 Å². The summed E-state index contributed by atoms with van der Waals surface area (Å²) in [4.78, 5) is 1.86. The maximum atomic E-state index is 8.50. The van der Waals surface area contributed by atoms with E-state index < -0.39 is 0 Å². The summed E-state index contributed by atoms with van der Waals surface area (Å²) in [7, 11) is 1.86. The standard InChI is InChI=1S/C11H11N3/c1-14(9-8-13)11-4-2-10(3-5-11)6-7-12/h2-5H,6,9H2,1H3. The Balaban J connectivity index is 2.74. The summed E-state index contributed by atoms with van der Waals surface area (Å²) in [5.41, 5.74) is 2.00. The van der Waals surface area contributed by atoms with Crippen LogP contribution in [0.25, 0.3) is 0 Å². The van der Waals surface area contributed by atoms with Crippen molar-refractivity contribution in [2.45, 2.75) is 6.42 Å². The van der Waals surface area contributed by atoms with Gasteiger partial charge in [-0.1, -0.05) is 12.1 Å². The Labute approximate surface area is 83.8 Å². The lowest BCUT2D eigenvalue weighted by molar-refractivity contribution is 1.04. The van der Waals surface area contributed by atoms with Gasteiger partial charge in [-0.15, -0.1) is 0 Å². The number of rotatable bonds is 3. The van der Waals surface area contributed by atoms with E-state index in [9.17, 15) is 0 Å². The van der Waals surface area contributed by atoms with Gasteiger partial charge < -0.3 is 4.90 Å². The Morgan fingerprint density at radius 1 is 1.14 bits per heavy atom. The van der Waals surface area contributed by atoms with Gasteiger partial charge in [0.25, 0.3) is 0 Å². The summed E-state index contributed by atoms with van der Waals surface area (Å²) in [6.07, 6.45) is 0.433. The Morgan fingerprint density at radius 3 is 2.29 bits per heavy atom. The Kier molecular flexibility index (Phi) is 3.52. The molecule has 0 heterocycles. The van der Waals surface area contributed by atoms with Crippen molar-refractivity contribution >= 4 is 5.69 Å². The fourth-order valence-electron chi connectivity index (χ4n) is 1.16. The second-order valence-electron chi connectivity index (χ2n) is 3.02. The highest BCUT2D eigenvalue weighted by atomic mass is 15.1. The number of hydrogen-bond acceptors (Lipinski definition) is 3. The predicted molar refractivity (Wildman–Crippen MR) is 54.6 cm³/mol. The van der Waals surface area contributed by atoms with Gasteiger partial charge in [0, 0.05) is 12.7 Å². The van der Waals surface area contributed by atoms with Crippen molar-refractivity contribution in [1.29, 1.82) is 10.5 Å². The average molecular weight is 185 g/mol. The zero-order valence-electron chi connectivity index (χ0n) is 8.07. The molecule has 3 nitrogen and oxygen atoms in total. The lowest BCUT2D eigenvalue weighted by Gasteiger charge is -2.14. The average Bonchev–Trinajstić information content (AvgIpc) is 2.20. The van der Waals surface area contributed by atoms with E-state index in [-0.39, 0.29) is 0 Å². The largest absolute Gasteiger partial charge is 0.361 e. The van der Waals surface area contributed by atoms with Crippen molar-refractivity contribution in [2.75, 3.05) is 18.5 Å². The third-order valence-electron chi connectivity index (χ3n) is 1.97. The quantitative estimate of drug-likeness (QED) is 0.673. The van der Waals surface area contributed by atoms with Crippen molar-refractivity contribution in [2.24, 2.45) is 0 Å². The van der Waals surface area contributed by atoms with E-state index in [0.717, 1.165) is 11.3 Å². The molecule has 0 amide bonds. The van der Waals surface area contributed by atoms with Crippen LogP contribution in [0.4, 0.5) is 5.69 Å². The molecule has 0 unspecified atom stereocenters. The van der Waals surface area contributed by atoms with Crippen LogP contribution in [0.3, 0.4) is 0 Å². The first-order valence-corrected chi connectivity index (χ1v) is 4.32. The highest BCUT2D eigenvalue weighted by Gasteiger charge is 1.99. The summed E-state index contributed by atoms with van der Waals surface area (Å²) in [6.45, 7) is 0.373. The smallest absolute Gasteiger partial charge is 0.105 e. The van der Waals surface area contributed by atoms with Crippen molar-refractivity contribution in [3.63, 3.8) is 0 Å². The summed E-state index contributed by atoms with van der Waals surface area (Å²) in [5.74, 6) is 0. The molecule has 0 aliphatic carbocycles. The fraction of sp³-hybridized carbons (Fsp3) is 0.273. The van der Waals surface area contributed by atoms with E-state index in [2.05, 4.69) is 12.1 Å². The van der Waals surface area contributed by atoms with Crippen LogP contribution in [0, 0.1) is 22.7 Å². The van der Waals surface area contributed by atoms with Crippen molar-refractivity contribution in [1.82, 2.24) is 0 Å². The fourth-order valence-corrected chi connectivity index (χ4v) is 1.16. The number of nitriles is 2. The minimum absolute atomic E-state index is 0.373. The molecule has 3 heteroatoms. The highest BCUT2D eigenvalue weighted by molar-refractivity contribution is 5.47. The molecule has 0 fully saturated rings. The van der Waals surface area contributed by atoms with Crippen molar-refractivity contribution < 1.29 is 0 Å². The van der Waals surface area contributed by atoms with E-state index in [1.165, 1.54) is 0 Å².